The molecule has 0 atom stereocenters. The highest BCUT2D eigenvalue weighted by atomic mass is 16.2. The van der Waals surface area contributed by atoms with Gasteiger partial charge in [0.1, 0.15) is 0 Å². The standard InChI is InChI=1S/C22H29NO3/c1-4-5-6-7-12-20(25)23-15-22(2,3)14-16-13-19(24)17-10-8-9-11-18(17)21(16)26/h8-11,13H,4-7,12,14-15H2,1-3H3,(H,23,25). The van der Waals surface area contributed by atoms with Crippen molar-refractivity contribution >= 4 is 17.5 Å². The van der Waals surface area contributed by atoms with E-state index in [1.807, 2.05) is 13.8 Å². The molecule has 1 aromatic rings. The Morgan fingerprint density at radius 1 is 1.04 bits per heavy atom. The number of carbonyl (C=O) groups excluding carboxylic acids is 3. The van der Waals surface area contributed by atoms with Crippen LogP contribution in [0.2, 0.25) is 0 Å². The van der Waals surface area contributed by atoms with Crippen LogP contribution >= 0.6 is 0 Å². The van der Waals surface area contributed by atoms with Crippen LogP contribution in [0, 0.1) is 5.41 Å². The zero-order valence-corrected chi connectivity index (χ0v) is 16.1. The molecule has 1 aromatic carbocycles. The molecule has 0 aromatic heterocycles. The van der Waals surface area contributed by atoms with E-state index in [1.165, 1.54) is 6.08 Å². The summed E-state index contributed by atoms with van der Waals surface area (Å²) in [6.07, 6.45) is 6.76. The van der Waals surface area contributed by atoms with E-state index in [0.717, 1.165) is 25.7 Å². The zero-order chi connectivity index (χ0) is 19.2. The smallest absolute Gasteiger partial charge is 0.220 e. The molecule has 0 bridgehead atoms. The van der Waals surface area contributed by atoms with Gasteiger partial charge in [0.25, 0.3) is 0 Å². The van der Waals surface area contributed by atoms with E-state index in [4.69, 9.17) is 0 Å². The summed E-state index contributed by atoms with van der Waals surface area (Å²) in [4.78, 5) is 36.9. The fraction of sp³-hybridized carbons (Fsp3) is 0.500. The third-order valence-electron chi connectivity index (χ3n) is 4.72. The van der Waals surface area contributed by atoms with Crippen molar-refractivity contribution in [1.82, 2.24) is 5.32 Å². The number of Topliss-reactive ketones (excluding diaryl/α,β-unsaturated/α-hetero) is 1. The molecule has 1 N–H and O–H groups in total. The fourth-order valence-electron chi connectivity index (χ4n) is 3.22. The van der Waals surface area contributed by atoms with Crippen LogP contribution in [0.5, 0.6) is 0 Å². The van der Waals surface area contributed by atoms with Crippen molar-refractivity contribution < 1.29 is 14.4 Å². The summed E-state index contributed by atoms with van der Waals surface area (Å²) in [7, 11) is 0. The molecule has 0 saturated carbocycles. The predicted molar refractivity (Wildman–Crippen MR) is 103 cm³/mol. The Morgan fingerprint density at radius 2 is 1.73 bits per heavy atom. The Morgan fingerprint density at radius 3 is 2.42 bits per heavy atom. The largest absolute Gasteiger partial charge is 0.356 e. The maximum absolute atomic E-state index is 12.7. The number of ketones is 2. The van der Waals surface area contributed by atoms with Crippen LogP contribution in [0.25, 0.3) is 0 Å². The average molecular weight is 355 g/mol. The van der Waals surface area contributed by atoms with E-state index in [-0.39, 0.29) is 22.9 Å². The maximum atomic E-state index is 12.7. The van der Waals surface area contributed by atoms with Crippen LogP contribution in [-0.2, 0) is 4.79 Å². The van der Waals surface area contributed by atoms with E-state index in [2.05, 4.69) is 12.2 Å². The Balaban J connectivity index is 1.92. The molecule has 0 fully saturated rings. The van der Waals surface area contributed by atoms with Gasteiger partial charge in [0.15, 0.2) is 11.6 Å². The molecule has 1 amide bonds. The summed E-state index contributed by atoms with van der Waals surface area (Å²) in [6.45, 7) is 6.64. The first-order valence-electron chi connectivity index (χ1n) is 9.49. The number of hydrogen-bond donors (Lipinski definition) is 1. The number of nitrogens with one attached hydrogen (secondary N) is 1. The monoisotopic (exact) mass is 355 g/mol. The Bertz CT molecular complexity index is 716. The molecule has 1 aliphatic carbocycles. The summed E-state index contributed by atoms with van der Waals surface area (Å²) < 4.78 is 0. The molecule has 0 unspecified atom stereocenters. The minimum Gasteiger partial charge on any atom is -0.356 e. The van der Waals surface area contributed by atoms with Crippen LogP contribution < -0.4 is 5.32 Å². The molecule has 2 rings (SSSR count). The van der Waals surface area contributed by atoms with Gasteiger partial charge in [0.2, 0.25) is 5.91 Å². The number of fused-ring (bicyclic) bond motifs is 1. The Hall–Kier alpha value is -2.23. The van der Waals surface area contributed by atoms with Crippen molar-refractivity contribution in [2.75, 3.05) is 6.54 Å². The second kappa shape index (κ2) is 8.93. The molecule has 0 spiro atoms. The van der Waals surface area contributed by atoms with Gasteiger partial charge in [-0.3, -0.25) is 14.4 Å². The van der Waals surface area contributed by atoms with Crippen molar-refractivity contribution in [3.05, 3.63) is 47.0 Å². The number of amides is 1. The maximum Gasteiger partial charge on any atom is 0.220 e. The van der Waals surface area contributed by atoms with Crippen LogP contribution in [0.3, 0.4) is 0 Å². The first-order valence-corrected chi connectivity index (χ1v) is 9.49. The van der Waals surface area contributed by atoms with E-state index in [1.54, 1.807) is 24.3 Å². The molecule has 4 nitrogen and oxygen atoms in total. The van der Waals surface area contributed by atoms with Crippen molar-refractivity contribution in [3.8, 4) is 0 Å². The molecule has 4 heteroatoms. The molecule has 0 aliphatic heterocycles. The van der Waals surface area contributed by atoms with Gasteiger partial charge in [0.05, 0.1) is 0 Å². The lowest BCUT2D eigenvalue weighted by atomic mass is 9.79. The second-order valence-corrected chi connectivity index (χ2v) is 7.84. The minimum absolute atomic E-state index is 0.0551. The second-order valence-electron chi connectivity index (χ2n) is 7.84. The van der Waals surface area contributed by atoms with Crippen LogP contribution in [0.4, 0.5) is 0 Å². The van der Waals surface area contributed by atoms with Gasteiger partial charge in [-0.25, -0.2) is 0 Å². The quantitative estimate of drug-likeness (QED) is 0.664. The fourth-order valence-corrected chi connectivity index (χ4v) is 3.22. The summed E-state index contributed by atoms with van der Waals surface area (Å²) in [5.74, 6) is -0.148. The van der Waals surface area contributed by atoms with Gasteiger partial charge >= 0.3 is 0 Å². The third kappa shape index (κ3) is 5.38. The van der Waals surface area contributed by atoms with Crippen LogP contribution in [-0.4, -0.2) is 24.0 Å². The lowest BCUT2D eigenvalue weighted by Gasteiger charge is -2.27. The molecule has 0 heterocycles. The Kier molecular flexibility index (Phi) is 6.90. The summed E-state index contributed by atoms with van der Waals surface area (Å²) in [5, 5.41) is 2.97. The molecule has 1 aliphatic rings. The topological polar surface area (TPSA) is 63.2 Å². The molecule has 26 heavy (non-hydrogen) atoms. The third-order valence-corrected chi connectivity index (χ3v) is 4.72. The van der Waals surface area contributed by atoms with Crippen LogP contribution in [0.1, 0.15) is 80.0 Å². The van der Waals surface area contributed by atoms with Crippen molar-refractivity contribution in [3.63, 3.8) is 0 Å². The lowest BCUT2D eigenvalue weighted by molar-refractivity contribution is -0.121. The van der Waals surface area contributed by atoms with Gasteiger partial charge < -0.3 is 5.32 Å². The van der Waals surface area contributed by atoms with E-state index >= 15 is 0 Å². The predicted octanol–water partition coefficient (Wildman–Crippen LogP) is 4.49. The van der Waals surface area contributed by atoms with E-state index < -0.39 is 0 Å². The Labute approximate surface area is 156 Å². The van der Waals surface area contributed by atoms with Gasteiger partial charge in [-0.2, -0.15) is 0 Å². The molecule has 140 valence electrons. The number of rotatable bonds is 9. The van der Waals surface area contributed by atoms with Gasteiger partial charge in [-0.05, 0) is 24.3 Å². The molecule has 0 saturated heterocycles. The molecule has 0 radical (unpaired) electrons. The average Bonchev–Trinajstić information content (AvgIpc) is 2.61. The van der Waals surface area contributed by atoms with E-state index in [9.17, 15) is 14.4 Å². The molecular weight excluding hydrogens is 326 g/mol. The number of allylic oxidation sites excluding steroid dienone is 2. The van der Waals surface area contributed by atoms with Gasteiger partial charge in [-0.15, -0.1) is 0 Å². The highest BCUT2D eigenvalue weighted by molar-refractivity contribution is 6.24. The zero-order valence-electron chi connectivity index (χ0n) is 16.1. The summed E-state index contributed by atoms with van der Waals surface area (Å²) in [5.41, 5.74) is 1.17. The first-order chi connectivity index (χ1) is 12.3. The van der Waals surface area contributed by atoms with Gasteiger partial charge in [-0.1, -0.05) is 64.3 Å². The normalized spacial score (nSPS) is 14.0. The highest BCUT2D eigenvalue weighted by Crippen LogP contribution is 2.30. The number of benzene rings is 1. The van der Waals surface area contributed by atoms with Crippen molar-refractivity contribution in [1.29, 1.82) is 0 Å². The SMILES string of the molecule is CCCCCCC(=O)NCC(C)(C)CC1=CC(=O)c2ccccc2C1=O. The molecular formula is C22H29NO3. The number of unbranched alkanes of at least 4 members (excludes halogenated alkanes) is 3. The number of carbonyl (C=O) groups is 3. The van der Waals surface area contributed by atoms with E-state index in [0.29, 0.717) is 36.1 Å². The highest BCUT2D eigenvalue weighted by Gasteiger charge is 2.29. The minimum atomic E-state index is -0.298. The van der Waals surface area contributed by atoms with Crippen molar-refractivity contribution in [2.24, 2.45) is 5.41 Å². The van der Waals surface area contributed by atoms with Crippen molar-refractivity contribution in [2.45, 2.75) is 59.3 Å². The summed E-state index contributed by atoms with van der Waals surface area (Å²) >= 11 is 0. The number of hydrogen-bond acceptors (Lipinski definition) is 3. The first kappa shape index (κ1) is 20.1. The summed E-state index contributed by atoms with van der Waals surface area (Å²) in [6, 6.07) is 6.93. The lowest BCUT2D eigenvalue weighted by Crippen LogP contribution is -2.35. The van der Waals surface area contributed by atoms with Gasteiger partial charge in [0, 0.05) is 29.7 Å². The van der Waals surface area contributed by atoms with Crippen LogP contribution in [0.15, 0.2) is 35.9 Å².